The first-order valence-corrected chi connectivity index (χ1v) is 6.35. The summed E-state index contributed by atoms with van der Waals surface area (Å²) in [6.45, 7) is 0.457. The lowest BCUT2D eigenvalue weighted by atomic mass is 10.2. The van der Waals surface area contributed by atoms with Crippen LogP contribution in [0.15, 0.2) is 48.5 Å². The Hall–Kier alpha value is -2.86. The van der Waals surface area contributed by atoms with Crippen molar-refractivity contribution < 1.29 is 9.59 Å². The second kappa shape index (κ2) is 6.53. The molecular weight excluding hydrogens is 268 g/mol. The van der Waals surface area contributed by atoms with E-state index in [1.807, 2.05) is 12.1 Å². The third-order valence-electron chi connectivity index (χ3n) is 2.87. The standard InChI is InChI=1S/C15H16N4O2/c16-9-10-1-5-12(6-2-10)18-15(21)19-13-7-3-11(4-8-13)14(17)20/h1-8H,9,16H2,(H2,17,20)(H2,18,19,21). The van der Waals surface area contributed by atoms with Gasteiger partial charge in [-0.2, -0.15) is 0 Å². The molecule has 3 amide bonds. The van der Waals surface area contributed by atoms with E-state index in [1.165, 1.54) is 0 Å². The van der Waals surface area contributed by atoms with Crippen LogP contribution in [-0.2, 0) is 6.54 Å². The first-order chi connectivity index (χ1) is 10.1. The van der Waals surface area contributed by atoms with E-state index in [1.54, 1.807) is 36.4 Å². The lowest BCUT2D eigenvalue weighted by molar-refractivity contribution is 0.100. The molecule has 2 aromatic carbocycles. The van der Waals surface area contributed by atoms with Gasteiger partial charge < -0.3 is 22.1 Å². The summed E-state index contributed by atoms with van der Waals surface area (Å²) >= 11 is 0. The molecule has 2 aromatic rings. The van der Waals surface area contributed by atoms with Crippen LogP contribution in [0.2, 0.25) is 0 Å². The molecule has 0 bridgehead atoms. The fraction of sp³-hybridized carbons (Fsp3) is 0.0667. The Labute approximate surface area is 122 Å². The number of urea groups is 1. The monoisotopic (exact) mass is 284 g/mol. The van der Waals surface area contributed by atoms with Gasteiger partial charge in [0.05, 0.1) is 0 Å². The number of rotatable bonds is 4. The molecule has 0 unspecified atom stereocenters. The predicted molar refractivity (Wildman–Crippen MR) is 81.9 cm³/mol. The molecule has 0 aromatic heterocycles. The second-order valence-electron chi connectivity index (χ2n) is 4.42. The maximum absolute atomic E-state index is 11.8. The molecule has 0 radical (unpaired) electrons. The number of anilines is 2. The van der Waals surface area contributed by atoms with Crippen molar-refractivity contribution in [1.29, 1.82) is 0 Å². The van der Waals surface area contributed by atoms with E-state index in [4.69, 9.17) is 11.5 Å². The van der Waals surface area contributed by atoms with Gasteiger partial charge in [0.2, 0.25) is 5.91 Å². The SMILES string of the molecule is NCc1ccc(NC(=O)Nc2ccc(C(N)=O)cc2)cc1. The summed E-state index contributed by atoms with van der Waals surface area (Å²) in [5.41, 5.74) is 13.3. The zero-order valence-electron chi connectivity index (χ0n) is 11.3. The summed E-state index contributed by atoms with van der Waals surface area (Å²) in [7, 11) is 0. The van der Waals surface area contributed by atoms with Gasteiger partial charge in [-0.05, 0) is 42.0 Å². The molecule has 108 valence electrons. The molecule has 6 heteroatoms. The number of carbonyl (C=O) groups excluding carboxylic acids is 2. The van der Waals surface area contributed by atoms with Crippen LogP contribution in [0.1, 0.15) is 15.9 Å². The average molecular weight is 284 g/mol. The van der Waals surface area contributed by atoms with Crippen molar-refractivity contribution in [2.24, 2.45) is 11.5 Å². The van der Waals surface area contributed by atoms with Gasteiger partial charge in [-0.3, -0.25) is 4.79 Å². The molecule has 0 saturated carbocycles. The highest BCUT2D eigenvalue weighted by molar-refractivity contribution is 6.00. The van der Waals surface area contributed by atoms with Crippen LogP contribution in [0, 0.1) is 0 Å². The summed E-state index contributed by atoms with van der Waals surface area (Å²) in [5, 5.41) is 5.35. The molecule has 21 heavy (non-hydrogen) atoms. The molecule has 0 saturated heterocycles. The zero-order chi connectivity index (χ0) is 15.2. The molecule has 0 aliphatic heterocycles. The highest BCUT2D eigenvalue weighted by Gasteiger charge is 2.04. The molecule has 6 nitrogen and oxygen atoms in total. The number of carbonyl (C=O) groups is 2. The first kappa shape index (κ1) is 14.5. The summed E-state index contributed by atoms with van der Waals surface area (Å²) in [4.78, 5) is 22.8. The van der Waals surface area contributed by atoms with Gasteiger partial charge in [-0.25, -0.2) is 4.79 Å². The minimum Gasteiger partial charge on any atom is -0.366 e. The minimum atomic E-state index is -0.508. The van der Waals surface area contributed by atoms with E-state index in [9.17, 15) is 9.59 Å². The number of nitrogens with two attached hydrogens (primary N) is 2. The second-order valence-corrected chi connectivity index (χ2v) is 4.42. The van der Waals surface area contributed by atoms with Gasteiger partial charge >= 0.3 is 6.03 Å². The highest BCUT2D eigenvalue weighted by Crippen LogP contribution is 2.12. The Morgan fingerprint density at radius 3 is 1.76 bits per heavy atom. The molecule has 6 N–H and O–H groups in total. The van der Waals surface area contributed by atoms with E-state index >= 15 is 0 Å². The number of primary amides is 1. The predicted octanol–water partition coefficient (Wildman–Crippen LogP) is 1.89. The quantitative estimate of drug-likeness (QED) is 0.688. The van der Waals surface area contributed by atoms with Crippen molar-refractivity contribution >= 4 is 23.3 Å². The number of hydrogen-bond donors (Lipinski definition) is 4. The number of hydrogen-bond acceptors (Lipinski definition) is 3. The Kier molecular flexibility index (Phi) is 4.53. The van der Waals surface area contributed by atoms with Crippen LogP contribution >= 0.6 is 0 Å². The molecule has 0 aliphatic rings. The number of nitrogens with one attached hydrogen (secondary N) is 2. The Bertz CT molecular complexity index is 636. The maximum atomic E-state index is 11.8. The minimum absolute atomic E-state index is 0.373. The third kappa shape index (κ3) is 4.05. The van der Waals surface area contributed by atoms with Crippen molar-refractivity contribution in [3.8, 4) is 0 Å². The van der Waals surface area contributed by atoms with Crippen molar-refractivity contribution in [1.82, 2.24) is 0 Å². The summed E-state index contributed by atoms with van der Waals surface area (Å²) in [5.74, 6) is -0.508. The van der Waals surface area contributed by atoms with E-state index in [0.717, 1.165) is 5.56 Å². The normalized spacial score (nSPS) is 9.95. The van der Waals surface area contributed by atoms with E-state index in [2.05, 4.69) is 10.6 Å². The van der Waals surface area contributed by atoms with Crippen molar-refractivity contribution in [2.75, 3.05) is 10.6 Å². The van der Waals surface area contributed by atoms with Crippen molar-refractivity contribution in [3.63, 3.8) is 0 Å². The fourth-order valence-electron chi connectivity index (χ4n) is 1.74. The molecule has 0 heterocycles. The summed E-state index contributed by atoms with van der Waals surface area (Å²) in [6, 6.07) is 13.2. The van der Waals surface area contributed by atoms with Gasteiger partial charge in [0.1, 0.15) is 0 Å². The van der Waals surface area contributed by atoms with Crippen LogP contribution in [0.5, 0.6) is 0 Å². The topological polar surface area (TPSA) is 110 Å². The molecular formula is C15H16N4O2. The van der Waals surface area contributed by atoms with Crippen LogP contribution in [0.3, 0.4) is 0 Å². The molecule has 2 rings (SSSR count). The molecule has 0 spiro atoms. The average Bonchev–Trinajstić information content (AvgIpc) is 2.48. The molecule has 0 fully saturated rings. The smallest absolute Gasteiger partial charge is 0.323 e. The summed E-state index contributed by atoms with van der Waals surface area (Å²) in [6.07, 6.45) is 0. The largest absolute Gasteiger partial charge is 0.366 e. The van der Waals surface area contributed by atoms with Crippen LogP contribution < -0.4 is 22.1 Å². The third-order valence-corrected chi connectivity index (χ3v) is 2.87. The zero-order valence-corrected chi connectivity index (χ0v) is 11.3. The molecule has 0 aliphatic carbocycles. The van der Waals surface area contributed by atoms with Gasteiger partial charge in [-0.15, -0.1) is 0 Å². The van der Waals surface area contributed by atoms with Gasteiger partial charge in [-0.1, -0.05) is 12.1 Å². The Balaban J connectivity index is 1.95. The lowest BCUT2D eigenvalue weighted by Crippen LogP contribution is -2.19. The van der Waals surface area contributed by atoms with Crippen molar-refractivity contribution in [2.45, 2.75) is 6.54 Å². The van der Waals surface area contributed by atoms with Crippen molar-refractivity contribution in [3.05, 3.63) is 59.7 Å². The van der Waals surface area contributed by atoms with Gasteiger partial charge in [0, 0.05) is 23.5 Å². The number of benzene rings is 2. The van der Waals surface area contributed by atoms with Crippen LogP contribution in [-0.4, -0.2) is 11.9 Å². The highest BCUT2D eigenvalue weighted by atomic mass is 16.2. The lowest BCUT2D eigenvalue weighted by Gasteiger charge is -2.08. The Morgan fingerprint density at radius 2 is 1.33 bits per heavy atom. The van der Waals surface area contributed by atoms with Crippen LogP contribution in [0.25, 0.3) is 0 Å². The Morgan fingerprint density at radius 1 is 0.857 bits per heavy atom. The van der Waals surface area contributed by atoms with E-state index < -0.39 is 5.91 Å². The maximum Gasteiger partial charge on any atom is 0.323 e. The first-order valence-electron chi connectivity index (χ1n) is 6.35. The summed E-state index contributed by atoms with van der Waals surface area (Å²) < 4.78 is 0. The van der Waals surface area contributed by atoms with Gasteiger partial charge in [0.25, 0.3) is 0 Å². The van der Waals surface area contributed by atoms with Crippen LogP contribution in [0.4, 0.5) is 16.2 Å². The number of amides is 3. The fourth-order valence-corrected chi connectivity index (χ4v) is 1.74. The van der Waals surface area contributed by atoms with Gasteiger partial charge in [0.15, 0.2) is 0 Å². The van der Waals surface area contributed by atoms with E-state index in [-0.39, 0.29) is 6.03 Å². The molecule has 0 atom stereocenters. The van der Waals surface area contributed by atoms with E-state index in [0.29, 0.717) is 23.5 Å².